The molecule has 1 saturated heterocycles. The lowest BCUT2D eigenvalue weighted by atomic mass is 9.96. The number of piperidine rings is 1. The van der Waals surface area contributed by atoms with Crippen LogP contribution in [0.5, 0.6) is 0 Å². The van der Waals surface area contributed by atoms with Crippen molar-refractivity contribution in [3.05, 3.63) is 120 Å². The normalized spacial score (nSPS) is 15.3. The zero-order valence-corrected chi connectivity index (χ0v) is 32.5. The Bertz CT molecular complexity index is 2440. The SMILES string of the molecule is CC(=NNC(=O)C1CCCN(c2nc(Nc3ccccc3)nc(NN=C(C)c3ccc(S(C)(=O)=O)cc3)c2-c2ccccc2)C1)c1ccc(S(C)(=O)=O)cc1. The smallest absolute Gasteiger partial charge is 0.244 e. The summed E-state index contributed by atoms with van der Waals surface area (Å²) in [5.41, 5.74) is 10.8. The van der Waals surface area contributed by atoms with Gasteiger partial charge in [0.15, 0.2) is 25.5 Å². The topological polar surface area (TPSA) is 175 Å². The van der Waals surface area contributed by atoms with Crippen molar-refractivity contribution in [2.45, 2.75) is 36.5 Å². The summed E-state index contributed by atoms with van der Waals surface area (Å²) >= 11 is 0. The highest BCUT2D eigenvalue weighted by atomic mass is 32.2. The summed E-state index contributed by atoms with van der Waals surface area (Å²) in [6.07, 6.45) is 3.69. The Balaban J connectivity index is 1.32. The third kappa shape index (κ3) is 9.79. The summed E-state index contributed by atoms with van der Waals surface area (Å²) in [7, 11) is -6.68. The van der Waals surface area contributed by atoms with Gasteiger partial charge in [-0.25, -0.2) is 22.3 Å². The molecule has 2 heterocycles. The van der Waals surface area contributed by atoms with Crippen molar-refractivity contribution in [1.29, 1.82) is 0 Å². The molecule has 1 fully saturated rings. The lowest BCUT2D eigenvalue weighted by Gasteiger charge is -2.34. The quantitative estimate of drug-likeness (QED) is 0.0965. The van der Waals surface area contributed by atoms with Crippen molar-refractivity contribution < 1.29 is 21.6 Å². The largest absolute Gasteiger partial charge is 0.355 e. The third-order valence-electron chi connectivity index (χ3n) is 9.14. The molecule has 5 aromatic rings. The van der Waals surface area contributed by atoms with Crippen LogP contribution in [0.2, 0.25) is 0 Å². The lowest BCUT2D eigenvalue weighted by molar-refractivity contribution is -0.125. The zero-order valence-electron chi connectivity index (χ0n) is 30.9. The van der Waals surface area contributed by atoms with Gasteiger partial charge in [-0.15, -0.1) is 0 Å². The van der Waals surface area contributed by atoms with E-state index in [4.69, 9.17) is 9.97 Å². The number of amides is 1. The van der Waals surface area contributed by atoms with Crippen LogP contribution >= 0.6 is 0 Å². The summed E-state index contributed by atoms with van der Waals surface area (Å²) in [6, 6.07) is 32.2. The Morgan fingerprint density at radius 1 is 0.727 bits per heavy atom. The number of anilines is 4. The average molecular weight is 779 g/mol. The van der Waals surface area contributed by atoms with E-state index in [-0.39, 0.29) is 15.7 Å². The lowest BCUT2D eigenvalue weighted by Crippen LogP contribution is -2.42. The molecule has 284 valence electrons. The molecule has 0 radical (unpaired) electrons. The monoisotopic (exact) mass is 778 g/mol. The second-order valence-corrected chi connectivity index (χ2v) is 17.3. The van der Waals surface area contributed by atoms with E-state index in [0.29, 0.717) is 59.6 Å². The minimum Gasteiger partial charge on any atom is -0.355 e. The molecule has 1 amide bonds. The minimum atomic E-state index is -3.35. The highest BCUT2D eigenvalue weighted by molar-refractivity contribution is 7.91. The van der Waals surface area contributed by atoms with E-state index >= 15 is 0 Å². The van der Waals surface area contributed by atoms with Gasteiger partial charge < -0.3 is 10.2 Å². The van der Waals surface area contributed by atoms with Crippen LogP contribution in [0.25, 0.3) is 11.1 Å². The van der Waals surface area contributed by atoms with Crippen molar-refractivity contribution in [3.63, 3.8) is 0 Å². The van der Waals surface area contributed by atoms with Gasteiger partial charge in [0.25, 0.3) is 0 Å². The van der Waals surface area contributed by atoms with Gasteiger partial charge >= 0.3 is 0 Å². The first-order valence-electron chi connectivity index (χ1n) is 17.6. The number of nitrogens with one attached hydrogen (secondary N) is 3. The summed E-state index contributed by atoms with van der Waals surface area (Å²) in [4.78, 5) is 26.0. The number of carbonyl (C=O) groups excluding carboxylic acids is 1. The number of sulfone groups is 2. The molecule has 0 spiro atoms. The van der Waals surface area contributed by atoms with Gasteiger partial charge in [-0.3, -0.25) is 10.2 Å². The van der Waals surface area contributed by atoms with Gasteiger partial charge in [0.1, 0.15) is 5.82 Å². The van der Waals surface area contributed by atoms with Crippen molar-refractivity contribution in [1.82, 2.24) is 15.4 Å². The predicted molar refractivity (Wildman–Crippen MR) is 217 cm³/mol. The van der Waals surface area contributed by atoms with E-state index in [1.807, 2.05) is 67.6 Å². The number of aromatic nitrogens is 2. The van der Waals surface area contributed by atoms with Crippen LogP contribution in [0.15, 0.2) is 129 Å². The Morgan fingerprint density at radius 3 is 1.84 bits per heavy atom. The minimum absolute atomic E-state index is 0.207. The molecule has 0 bridgehead atoms. The van der Waals surface area contributed by atoms with E-state index in [0.717, 1.165) is 29.5 Å². The molecule has 1 aliphatic heterocycles. The van der Waals surface area contributed by atoms with Crippen LogP contribution in [-0.2, 0) is 24.5 Å². The van der Waals surface area contributed by atoms with Crippen molar-refractivity contribution in [3.8, 4) is 11.1 Å². The number of benzene rings is 4. The van der Waals surface area contributed by atoms with E-state index in [1.165, 1.54) is 18.4 Å². The fraction of sp³-hybridized carbons (Fsp3) is 0.225. The summed E-state index contributed by atoms with van der Waals surface area (Å²) < 4.78 is 47.8. The van der Waals surface area contributed by atoms with Crippen LogP contribution in [0.1, 0.15) is 37.8 Å². The third-order valence-corrected chi connectivity index (χ3v) is 11.4. The number of rotatable bonds is 12. The molecule has 55 heavy (non-hydrogen) atoms. The van der Waals surface area contributed by atoms with Crippen molar-refractivity contribution >= 4 is 60.3 Å². The van der Waals surface area contributed by atoms with Crippen LogP contribution < -0.4 is 21.1 Å². The Labute approximate surface area is 321 Å². The number of hydrogen-bond acceptors (Lipinski definition) is 12. The molecule has 15 heteroatoms. The first-order chi connectivity index (χ1) is 26.3. The highest BCUT2D eigenvalue weighted by Gasteiger charge is 2.30. The second-order valence-electron chi connectivity index (χ2n) is 13.3. The Morgan fingerprint density at radius 2 is 1.27 bits per heavy atom. The van der Waals surface area contributed by atoms with Crippen LogP contribution in [0.3, 0.4) is 0 Å². The molecule has 1 atom stereocenters. The first kappa shape index (κ1) is 38.8. The van der Waals surface area contributed by atoms with Gasteiger partial charge in [0.05, 0.1) is 32.7 Å². The first-order valence-corrected chi connectivity index (χ1v) is 21.3. The molecule has 3 N–H and O–H groups in total. The fourth-order valence-corrected chi connectivity index (χ4v) is 7.36. The maximum absolute atomic E-state index is 13.6. The summed E-state index contributed by atoms with van der Waals surface area (Å²) in [5.74, 6) is 0.706. The van der Waals surface area contributed by atoms with Crippen LogP contribution in [0, 0.1) is 5.92 Å². The summed E-state index contributed by atoms with van der Waals surface area (Å²) in [6.45, 7) is 4.56. The molecule has 4 aromatic carbocycles. The van der Waals surface area contributed by atoms with Gasteiger partial charge in [-0.1, -0.05) is 72.8 Å². The standard InChI is InChI=1S/C40H42N8O5S2/c1-27(29-17-21-34(22-18-29)54(3,50)51)44-46-37-36(31-12-7-5-8-13-31)38(43-40(42-37)41-33-15-9-6-10-16-33)48-25-11-14-32(26-48)39(49)47-45-28(2)30-19-23-35(24-20-30)55(4,52)53/h5-10,12-13,15-24,32H,11,14,25-26H2,1-4H3,(H,47,49)(H2,41,42,43,46). The Kier molecular flexibility index (Phi) is 11.7. The predicted octanol–water partition coefficient (Wildman–Crippen LogP) is 6.29. The average Bonchev–Trinajstić information content (AvgIpc) is 3.19. The molecule has 6 rings (SSSR count). The molecule has 1 aromatic heterocycles. The maximum Gasteiger partial charge on any atom is 0.244 e. The molecule has 0 aliphatic carbocycles. The number of hydrazone groups is 2. The Hall–Kier alpha value is -5.93. The number of carbonyl (C=O) groups is 1. The summed E-state index contributed by atoms with van der Waals surface area (Å²) in [5, 5.41) is 12.3. The second kappa shape index (κ2) is 16.6. The van der Waals surface area contributed by atoms with Gasteiger partial charge in [-0.2, -0.15) is 20.2 Å². The molecular weight excluding hydrogens is 737 g/mol. The number of hydrogen-bond donors (Lipinski definition) is 3. The molecule has 13 nitrogen and oxygen atoms in total. The maximum atomic E-state index is 13.6. The number of para-hydroxylation sites is 1. The van der Waals surface area contributed by atoms with Gasteiger partial charge in [0, 0.05) is 31.3 Å². The van der Waals surface area contributed by atoms with E-state index in [1.54, 1.807) is 43.3 Å². The van der Waals surface area contributed by atoms with Crippen LogP contribution in [-0.4, -0.2) is 69.7 Å². The van der Waals surface area contributed by atoms with Crippen molar-refractivity contribution in [2.75, 3.05) is 41.2 Å². The van der Waals surface area contributed by atoms with E-state index in [2.05, 4.69) is 31.3 Å². The molecule has 1 aliphatic rings. The molecule has 0 saturated carbocycles. The van der Waals surface area contributed by atoms with E-state index in [9.17, 15) is 21.6 Å². The van der Waals surface area contributed by atoms with Crippen molar-refractivity contribution in [2.24, 2.45) is 16.1 Å². The van der Waals surface area contributed by atoms with Gasteiger partial charge in [-0.05, 0) is 79.8 Å². The number of nitrogens with zero attached hydrogens (tertiary/aromatic N) is 5. The molecule has 1 unspecified atom stereocenters. The zero-order chi connectivity index (χ0) is 39.2. The van der Waals surface area contributed by atoms with E-state index < -0.39 is 25.6 Å². The highest BCUT2D eigenvalue weighted by Crippen LogP contribution is 2.38. The van der Waals surface area contributed by atoms with Crippen LogP contribution in [0.4, 0.5) is 23.3 Å². The molecular formula is C40H42N8O5S2. The van der Waals surface area contributed by atoms with Gasteiger partial charge in [0.2, 0.25) is 11.9 Å². The fourth-order valence-electron chi connectivity index (χ4n) is 6.10.